The highest BCUT2D eigenvalue weighted by atomic mass is 32.1. The molecular weight excluding hydrogens is 492 g/mol. The summed E-state index contributed by atoms with van der Waals surface area (Å²) in [5.74, 6) is -1.84. The Morgan fingerprint density at radius 2 is 1.76 bits per heavy atom. The van der Waals surface area contributed by atoms with Gasteiger partial charge in [0.05, 0.1) is 30.5 Å². The van der Waals surface area contributed by atoms with Crippen LogP contribution in [0.25, 0.3) is 5.76 Å². The molecule has 2 aromatic carbocycles. The van der Waals surface area contributed by atoms with Crippen LogP contribution in [-0.4, -0.2) is 41.0 Å². The molecule has 1 aromatic heterocycles. The van der Waals surface area contributed by atoms with E-state index in [1.54, 1.807) is 32.0 Å². The zero-order valence-electron chi connectivity index (χ0n) is 21.3. The van der Waals surface area contributed by atoms with Crippen LogP contribution in [0.2, 0.25) is 0 Å². The van der Waals surface area contributed by atoms with Crippen LogP contribution in [0.15, 0.2) is 48.0 Å². The summed E-state index contributed by atoms with van der Waals surface area (Å²) in [5, 5.41) is 11.5. The van der Waals surface area contributed by atoms with Crippen molar-refractivity contribution in [3.05, 3.63) is 80.9 Å². The highest BCUT2D eigenvalue weighted by Crippen LogP contribution is 2.44. The molecule has 4 rings (SSSR count). The summed E-state index contributed by atoms with van der Waals surface area (Å²) in [5.41, 5.74) is 3.13. The zero-order chi connectivity index (χ0) is 26.9. The number of carbonyl (C=O) groups excluding carboxylic acids is 3. The van der Waals surface area contributed by atoms with Crippen molar-refractivity contribution < 1.29 is 29.0 Å². The standard InChI is InChI=1S/C28H28N2O6S/c1-6-35-20-13-12-19(14-16(20)4)23(31)21-22(18-10-8-15(3)9-11-18)30(26(33)24(21)32)28-29-17(5)25(37-28)27(34)36-7-2/h8-14,22,31H,6-7H2,1-5H3/t22-/m0/s1. The maximum Gasteiger partial charge on any atom is 0.350 e. The van der Waals surface area contributed by atoms with E-state index in [9.17, 15) is 19.5 Å². The molecule has 1 aliphatic heterocycles. The molecule has 1 amide bonds. The Balaban J connectivity index is 1.89. The first-order valence-corrected chi connectivity index (χ1v) is 12.7. The first-order valence-electron chi connectivity index (χ1n) is 11.9. The molecule has 9 heteroatoms. The fourth-order valence-corrected chi connectivity index (χ4v) is 5.22. The third kappa shape index (κ3) is 4.86. The summed E-state index contributed by atoms with van der Waals surface area (Å²) in [6.45, 7) is 9.68. The number of anilines is 1. The number of rotatable bonds is 7. The maximum absolute atomic E-state index is 13.4. The number of aliphatic hydroxyl groups is 1. The van der Waals surface area contributed by atoms with Gasteiger partial charge < -0.3 is 14.6 Å². The minimum Gasteiger partial charge on any atom is -0.507 e. The largest absolute Gasteiger partial charge is 0.507 e. The normalized spacial score (nSPS) is 16.8. The number of aromatic nitrogens is 1. The van der Waals surface area contributed by atoms with Crippen LogP contribution in [0.5, 0.6) is 5.75 Å². The highest BCUT2D eigenvalue weighted by Gasteiger charge is 2.48. The fourth-order valence-electron chi connectivity index (χ4n) is 4.23. The van der Waals surface area contributed by atoms with Gasteiger partial charge in [0, 0.05) is 5.56 Å². The van der Waals surface area contributed by atoms with Crippen LogP contribution >= 0.6 is 11.3 Å². The van der Waals surface area contributed by atoms with E-state index in [2.05, 4.69) is 4.98 Å². The van der Waals surface area contributed by atoms with E-state index >= 15 is 0 Å². The van der Waals surface area contributed by atoms with Crippen LogP contribution in [0, 0.1) is 20.8 Å². The third-order valence-corrected chi connectivity index (χ3v) is 7.17. The van der Waals surface area contributed by atoms with Crippen molar-refractivity contribution in [1.82, 2.24) is 4.98 Å². The molecule has 1 N–H and O–H groups in total. The summed E-state index contributed by atoms with van der Waals surface area (Å²) in [6.07, 6.45) is 0. The number of benzene rings is 2. The molecule has 37 heavy (non-hydrogen) atoms. The number of hydrogen-bond acceptors (Lipinski definition) is 8. The number of esters is 1. The van der Waals surface area contributed by atoms with Crippen molar-refractivity contribution in [3.63, 3.8) is 0 Å². The smallest absolute Gasteiger partial charge is 0.350 e. The van der Waals surface area contributed by atoms with E-state index < -0.39 is 23.7 Å². The second-order valence-corrected chi connectivity index (χ2v) is 9.60. The van der Waals surface area contributed by atoms with Crippen molar-refractivity contribution in [2.75, 3.05) is 18.1 Å². The number of hydrogen-bond donors (Lipinski definition) is 1. The van der Waals surface area contributed by atoms with Gasteiger partial charge in [0.2, 0.25) is 0 Å². The molecule has 0 spiro atoms. The van der Waals surface area contributed by atoms with Crippen molar-refractivity contribution in [2.45, 2.75) is 40.7 Å². The number of ketones is 1. The zero-order valence-corrected chi connectivity index (χ0v) is 22.1. The molecule has 0 saturated carbocycles. The SMILES string of the molecule is CCOC(=O)c1sc(N2C(=O)C(=O)C(=C(O)c3ccc(OCC)c(C)c3)[C@@H]2c2ccc(C)cc2)nc1C. The van der Waals surface area contributed by atoms with E-state index in [1.165, 1.54) is 4.90 Å². The monoisotopic (exact) mass is 520 g/mol. The lowest BCUT2D eigenvalue weighted by molar-refractivity contribution is -0.132. The molecule has 1 saturated heterocycles. The van der Waals surface area contributed by atoms with Crippen LogP contribution < -0.4 is 9.64 Å². The molecular formula is C28H28N2O6S. The van der Waals surface area contributed by atoms with E-state index in [4.69, 9.17) is 9.47 Å². The minimum atomic E-state index is -0.937. The Morgan fingerprint density at radius 1 is 1.05 bits per heavy atom. The van der Waals surface area contributed by atoms with Gasteiger partial charge in [-0.2, -0.15) is 0 Å². The second kappa shape index (κ2) is 10.6. The number of Topliss-reactive ketones (excluding diaryl/α,β-unsaturated/α-hetero) is 1. The van der Waals surface area contributed by atoms with Gasteiger partial charge >= 0.3 is 11.9 Å². The first kappa shape index (κ1) is 26.1. The first-order chi connectivity index (χ1) is 17.7. The van der Waals surface area contributed by atoms with Gasteiger partial charge in [-0.05, 0) is 63.9 Å². The number of carbonyl (C=O) groups is 3. The molecule has 3 aromatic rings. The Labute approximate surface area is 219 Å². The van der Waals surface area contributed by atoms with Crippen LogP contribution in [0.1, 0.15) is 57.5 Å². The quantitative estimate of drug-likeness (QED) is 0.196. The predicted molar refractivity (Wildman–Crippen MR) is 141 cm³/mol. The molecule has 2 heterocycles. The summed E-state index contributed by atoms with van der Waals surface area (Å²) in [6, 6.07) is 11.5. The van der Waals surface area contributed by atoms with Crippen LogP contribution in [0.3, 0.4) is 0 Å². The van der Waals surface area contributed by atoms with E-state index in [0.717, 1.165) is 22.5 Å². The second-order valence-electron chi connectivity index (χ2n) is 8.62. The molecule has 1 fully saturated rings. The van der Waals surface area contributed by atoms with Crippen molar-refractivity contribution in [2.24, 2.45) is 0 Å². The van der Waals surface area contributed by atoms with Crippen LogP contribution in [0.4, 0.5) is 5.13 Å². The van der Waals surface area contributed by atoms with Gasteiger partial charge in [-0.1, -0.05) is 41.2 Å². The molecule has 0 bridgehead atoms. The summed E-state index contributed by atoms with van der Waals surface area (Å²) >= 11 is 0.978. The van der Waals surface area contributed by atoms with E-state index in [-0.39, 0.29) is 27.9 Å². The van der Waals surface area contributed by atoms with E-state index in [0.29, 0.717) is 29.2 Å². The Kier molecular flexibility index (Phi) is 7.45. The van der Waals surface area contributed by atoms with Gasteiger partial charge in [-0.15, -0.1) is 0 Å². The van der Waals surface area contributed by atoms with Gasteiger partial charge in [-0.25, -0.2) is 9.78 Å². The molecule has 1 aliphatic rings. The number of thiazole rings is 1. The number of amides is 1. The molecule has 0 aliphatic carbocycles. The molecule has 0 unspecified atom stereocenters. The summed E-state index contributed by atoms with van der Waals surface area (Å²) < 4.78 is 10.7. The Bertz CT molecular complexity index is 1410. The summed E-state index contributed by atoms with van der Waals surface area (Å²) in [4.78, 5) is 45.1. The van der Waals surface area contributed by atoms with Crippen molar-refractivity contribution in [1.29, 1.82) is 0 Å². The highest BCUT2D eigenvalue weighted by molar-refractivity contribution is 7.17. The van der Waals surface area contributed by atoms with Gasteiger partial charge in [0.25, 0.3) is 5.78 Å². The molecule has 1 atom stereocenters. The Hall–Kier alpha value is -3.98. The van der Waals surface area contributed by atoms with E-state index in [1.807, 2.05) is 45.0 Å². The van der Waals surface area contributed by atoms with Gasteiger partial charge in [0.1, 0.15) is 16.4 Å². The number of ether oxygens (including phenoxy) is 2. The topological polar surface area (TPSA) is 106 Å². The maximum atomic E-state index is 13.4. The van der Waals surface area contributed by atoms with Gasteiger partial charge in [0.15, 0.2) is 5.13 Å². The molecule has 8 nitrogen and oxygen atoms in total. The summed E-state index contributed by atoms with van der Waals surface area (Å²) in [7, 11) is 0. The fraction of sp³-hybridized carbons (Fsp3) is 0.286. The van der Waals surface area contributed by atoms with Crippen molar-refractivity contribution >= 4 is 39.9 Å². The molecule has 0 radical (unpaired) electrons. The molecule has 192 valence electrons. The number of nitrogens with zero attached hydrogens (tertiary/aromatic N) is 2. The van der Waals surface area contributed by atoms with Crippen LogP contribution in [-0.2, 0) is 14.3 Å². The predicted octanol–water partition coefficient (Wildman–Crippen LogP) is 5.27. The number of aliphatic hydroxyl groups excluding tert-OH is 1. The van der Waals surface area contributed by atoms with Gasteiger partial charge in [-0.3, -0.25) is 14.5 Å². The lowest BCUT2D eigenvalue weighted by Gasteiger charge is -2.23. The number of aryl methyl sites for hydroxylation is 3. The average Bonchev–Trinajstić information content (AvgIpc) is 3.37. The lowest BCUT2D eigenvalue weighted by Crippen LogP contribution is -2.29. The Morgan fingerprint density at radius 3 is 2.38 bits per heavy atom. The minimum absolute atomic E-state index is 0.0528. The average molecular weight is 521 g/mol. The lowest BCUT2D eigenvalue weighted by atomic mass is 9.94. The third-order valence-electron chi connectivity index (χ3n) is 6.04. The van der Waals surface area contributed by atoms with Crippen molar-refractivity contribution in [3.8, 4) is 5.75 Å².